The predicted molar refractivity (Wildman–Crippen MR) is 122 cm³/mol. The van der Waals surface area contributed by atoms with Crippen molar-refractivity contribution in [1.29, 1.82) is 5.26 Å². The average Bonchev–Trinajstić information content (AvgIpc) is 3.26. The van der Waals surface area contributed by atoms with Crippen LogP contribution in [0.4, 0.5) is 5.13 Å². The highest BCUT2D eigenvalue weighted by molar-refractivity contribution is 7.15. The summed E-state index contributed by atoms with van der Waals surface area (Å²) in [6.45, 7) is 2.11. The molecule has 0 saturated heterocycles. The van der Waals surface area contributed by atoms with Crippen LogP contribution in [0.3, 0.4) is 0 Å². The first kappa shape index (κ1) is 23.8. The van der Waals surface area contributed by atoms with E-state index in [1.807, 2.05) is 19.1 Å². The second-order valence-corrected chi connectivity index (χ2v) is 9.21. The molecule has 0 aliphatic heterocycles. The first-order valence-electron chi connectivity index (χ1n) is 10.9. The normalized spacial score (nSPS) is 16.0. The number of benzene rings is 1. The summed E-state index contributed by atoms with van der Waals surface area (Å²) in [4.78, 5) is 25.9. The fraction of sp³-hybridized carbons (Fsp3) is 0.522. The third-order valence-corrected chi connectivity index (χ3v) is 6.90. The van der Waals surface area contributed by atoms with Gasteiger partial charge in [-0.15, -0.1) is 10.2 Å². The number of hydrogen-bond donors (Lipinski definition) is 2. The van der Waals surface area contributed by atoms with Crippen molar-refractivity contribution in [3.8, 4) is 6.07 Å². The number of nitriles is 1. The van der Waals surface area contributed by atoms with Crippen molar-refractivity contribution in [2.24, 2.45) is 5.41 Å². The number of ether oxygens (including phenoxy) is 1. The van der Waals surface area contributed by atoms with Crippen molar-refractivity contribution in [2.45, 2.75) is 57.9 Å². The summed E-state index contributed by atoms with van der Waals surface area (Å²) in [5, 5.41) is 23.9. The van der Waals surface area contributed by atoms with Crippen molar-refractivity contribution in [1.82, 2.24) is 15.5 Å². The molecule has 0 radical (unpaired) electrons. The fourth-order valence-electron chi connectivity index (χ4n) is 4.07. The van der Waals surface area contributed by atoms with Gasteiger partial charge < -0.3 is 10.1 Å². The molecule has 1 atom stereocenters. The molecular formula is C23H29N5O3S. The van der Waals surface area contributed by atoms with E-state index in [2.05, 4.69) is 26.9 Å². The standard InChI is InChI=1S/C23H29N5O3S/c1-3-23(11-5-4-6-12-23)21(30)25-18(15-31-2)20(29)26-22-28-27-19(32-22)13-16-7-9-17(14-24)10-8-16/h7-10,18H,3-6,11-13,15H2,1-2H3,(H,25,30)(H,26,28,29)/t18-/m1/s1. The Hall–Kier alpha value is -2.83. The molecule has 0 bridgehead atoms. The first-order valence-corrected chi connectivity index (χ1v) is 11.7. The van der Waals surface area contributed by atoms with Crippen LogP contribution in [0.2, 0.25) is 0 Å². The van der Waals surface area contributed by atoms with Crippen LogP contribution < -0.4 is 10.6 Å². The Balaban J connectivity index is 1.62. The maximum Gasteiger partial charge on any atom is 0.251 e. The molecule has 1 aromatic heterocycles. The van der Waals surface area contributed by atoms with E-state index in [0.29, 0.717) is 17.1 Å². The molecule has 170 valence electrons. The number of methoxy groups -OCH3 is 1. The topological polar surface area (TPSA) is 117 Å². The molecule has 1 aliphatic rings. The molecule has 1 fully saturated rings. The molecule has 2 aromatic rings. The van der Waals surface area contributed by atoms with Gasteiger partial charge in [0.15, 0.2) is 0 Å². The third kappa shape index (κ3) is 5.90. The molecule has 1 aromatic carbocycles. The zero-order valence-corrected chi connectivity index (χ0v) is 19.3. The van der Waals surface area contributed by atoms with Gasteiger partial charge in [0.25, 0.3) is 5.91 Å². The lowest BCUT2D eigenvalue weighted by Crippen LogP contribution is -2.52. The molecule has 0 spiro atoms. The third-order valence-electron chi connectivity index (χ3n) is 6.06. The Bertz CT molecular complexity index is 961. The van der Waals surface area contributed by atoms with Gasteiger partial charge >= 0.3 is 0 Å². The highest BCUT2D eigenvalue weighted by Crippen LogP contribution is 2.39. The minimum absolute atomic E-state index is 0.0735. The molecule has 3 rings (SSSR count). The Labute approximate surface area is 192 Å². The number of carbonyl (C=O) groups excluding carboxylic acids is 2. The lowest BCUT2D eigenvalue weighted by atomic mass is 9.71. The van der Waals surface area contributed by atoms with Crippen LogP contribution in [-0.2, 0) is 20.7 Å². The lowest BCUT2D eigenvalue weighted by molar-refractivity contribution is -0.137. The molecule has 8 nitrogen and oxygen atoms in total. The Morgan fingerprint density at radius 1 is 1.22 bits per heavy atom. The SMILES string of the molecule is CCC1(C(=O)N[C@H](COC)C(=O)Nc2nnc(Cc3ccc(C#N)cc3)s2)CCCCC1. The minimum atomic E-state index is -0.802. The van der Waals surface area contributed by atoms with Gasteiger partial charge in [0.05, 0.1) is 18.2 Å². The van der Waals surface area contributed by atoms with Gasteiger partial charge in [-0.25, -0.2) is 0 Å². The number of rotatable bonds is 9. The van der Waals surface area contributed by atoms with Gasteiger partial charge in [0.2, 0.25) is 11.0 Å². The van der Waals surface area contributed by atoms with E-state index in [-0.39, 0.29) is 18.4 Å². The lowest BCUT2D eigenvalue weighted by Gasteiger charge is -2.36. The number of anilines is 1. The second-order valence-electron chi connectivity index (χ2n) is 8.15. The number of carbonyl (C=O) groups is 2. The van der Waals surface area contributed by atoms with E-state index < -0.39 is 11.5 Å². The molecule has 32 heavy (non-hydrogen) atoms. The summed E-state index contributed by atoms with van der Waals surface area (Å²) in [5.41, 5.74) is 1.20. The van der Waals surface area contributed by atoms with E-state index >= 15 is 0 Å². The smallest absolute Gasteiger partial charge is 0.251 e. The number of hydrogen-bond acceptors (Lipinski definition) is 7. The largest absolute Gasteiger partial charge is 0.382 e. The van der Waals surface area contributed by atoms with Gasteiger partial charge in [-0.2, -0.15) is 5.26 Å². The number of aromatic nitrogens is 2. The summed E-state index contributed by atoms with van der Waals surface area (Å²) in [6, 6.07) is 8.55. The van der Waals surface area contributed by atoms with Crippen LogP contribution in [-0.4, -0.2) is 41.8 Å². The fourth-order valence-corrected chi connectivity index (χ4v) is 4.85. The average molecular weight is 456 g/mol. The van der Waals surface area contributed by atoms with E-state index in [1.54, 1.807) is 12.1 Å². The van der Waals surface area contributed by atoms with E-state index in [0.717, 1.165) is 49.1 Å². The molecule has 1 heterocycles. The van der Waals surface area contributed by atoms with Gasteiger partial charge in [-0.3, -0.25) is 14.9 Å². The number of amides is 2. The van der Waals surface area contributed by atoms with Crippen LogP contribution in [0.15, 0.2) is 24.3 Å². The van der Waals surface area contributed by atoms with Crippen LogP contribution in [0.1, 0.15) is 61.6 Å². The van der Waals surface area contributed by atoms with Crippen LogP contribution in [0.25, 0.3) is 0 Å². The van der Waals surface area contributed by atoms with Crippen LogP contribution in [0.5, 0.6) is 0 Å². The Morgan fingerprint density at radius 3 is 2.56 bits per heavy atom. The summed E-state index contributed by atoms with van der Waals surface area (Å²) in [6.07, 6.45) is 6.24. The molecule has 1 saturated carbocycles. The molecule has 0 unspecified atom stereocenters. The molecular weight excluding hydrogens is 426 g/mol. The Morgan fingerprint density at radius 2 is 1.94 bits per heavy atom. The molecule has 9 heteroatoms. The zero-order chi connectivity index (χ0) is 23.0. The number of nitrogens with zero attached hydrogens (tertiary/aromatic N) is 3. The molecule has 2 N–H and O–H groups in total. The molecule has 1 aliphatic carbocycles. The Kier molecular flexibility index (Phi) is 8.31. The van der Waals surface area contributed by atoms with E-state index in [4.69, 9.17) is 10.00 Å². The van der Waals surface area contributed by atoms with Crippen LogP contribution in [0, 0.1) is 16.7 Å². The van der Waals surface area contributed by atoms with Crippen molar-refractivity contribution >= 4 is 28.3 Å². The summed E-state index contributed by atoms with van der Waals surface area (Å²) in [5.74, 6) is -0.445. The maximum atomic E-state index is 13.1. The summed E-state index contributed by atoms with van der Waals surface area (Å²) >= 11 is 1.28. The highest BCUT2D eigenvalue weighted by Gasteiger charge is 2.39. The van der Waals surface area contributed by atoms with Gasteiger partial charge in [-0.05, 0) is 37.0 Å². The van der Waals surface area contributed by atoms with Crippen molar-refractivity contribution in [2.75, 3.05) is 19.0 Å². The van der Waals surface area contributed by atoms with E-state index in [1.165, 1.54) is 18.4 Å². The van der Waals surface area contributed by atoms with Crippen molar-refractivity contribution < 1.29 is 14.3 Å². The van der Waals surface area contributed by atoms with Crippen molar-refractivity contribution in [3.05, 3.63) is 40.4 Å². The summed E-state index contributed by atoms with van der Waals surface area (Å²) < 4.78 is 5.19. The van der Waals surface area contributed by atoms with Gasteiger partial charge in [0, 0.05) is 18.9 Å². The monoisotopic (exact) mass is 455 g/mol. The quantitative estimate of drug-likeness (QED) is 0.598. The maximum absolute atomic E-state index is 13.1. The highest BCUT2D eigenvalue weighted by atomic mass is 32.1. The zero-order valence-electron chi connectivity index (χ0n) is 18.5. The van der Waals surface area contributed by atoms with Gasteiger partial charge in [0.1, 0.15) is 11.0 Å². The van der Waals surface area contributed by atoms with Gasteiger partial charge in [-0.1, -0.05) is 49.7 Å². The first-order chi connectivity index (χ1) is 15.5. The second kappa shape index (κ2) is 11.2. The predicted octanol–water partition coefficient (Wildman–Crippen LogP) is 3.43. The summed E-state index contributed by atoms with van der Waals surface area (Å²) in [7, 11) is 1.50. The molecule has 2 amide bonds. The number of nitrogens with one attached hydrogen (secondary N) is 2. The van der Waals surface area contributed by atoms with Crippen LogP contribution >= 0.6 is 11.3 Å². The van der Waals surface area contributed by atoms with E-state index in [9.17, 15) is 9.59 Å². The van der Waals surface area contributed by atoms with Crippen molar-refractivity contribution in [3.63, 3.8) is 0 Å². The minimum Gasteiger partial charge on any atom is -0.382 e.